The summed E-state index contributed by atoms with van der Waals surface area (Å²) in [6.45, 7) is 4.72. The summed E-state index contributed by atoms with van der Waals surface area (Å²) in [5, 5.41) is 5.70. The Morgan fingerprint density at radius 2 is 1.53 bits per heavy atom. The molecule has 0 amide bonds. The molecular formula is C32H34. The van der Waals surface area contributed by atoms with Gasteiger partial charge in [-0.1, -0.05) is 112 Å². The Morgan fingerprint density at radius 1 is 0.781 bits per heavy atom. The summed E-state index contributed by atoms with van der Waals surface area (Å²) >= 11 is 0. The number of hydrogen-bond donors (Lipinski definition) is 0. The number of allylic oxidation sites excluding steroid dienone is 8. The smallest absolute Gasteiger partial charge is 0.00465 e. The number of rotatable bonds is 4. The second-order valence-corrected chi connectivity index (χ2v) is 9.53. The van der Waals surface area contributed by atoms with Crippen LogP contribution in [-0.2, 0) is 11.8 Å². The van der Waals surface area contributed by atoms with Crippen molar-refractivity contribution in [3.8, 4) is 0 Å². The SMILES string of the molecule is C1=CC2=CC=CC2=C1.CCCCC1(CC)CCCc2c1ccc1c2ccc2ccccc21. The van der Waals surface area contributed by atoms with E-state index in [1.54, 1.807) is 11.1 Å². The van der Waals surface area contributed by atoms with Crippen LogP contribution in [0, 0.1) is 0 Å². The Hall–Kier alpha value is -2.86. The fraction of sp³-hybridized carbons (Fsp3) is 0.312. The van der Waals surface area contributed by atoms with E-state index in [0.717, 1.165) is 0 Å². The lowest BCUT2D eigenvalue weighted by molar-refractivity contribution is 0.314. The molecule has 0 heterocycles. The molecular weight excluding hydrogens is 384 g/mol. The molecule has 0 fully saturated rings. The summed E-state index contributed by atoms with van der Waals surface area (Å²) in [4.78, 5) is 0. The largest absolute Gasteiger partial charge is 0.0654 e. The van der Waals surface area contributed by atoms with Crippen LogP contribution in [0.5, 0.6) is 0 Å². The van der Waals surface area contributed by atoms with E-state index in [-0.39, 0.29) is 0 Å². The summed E-state index contributed by atoms with van der Waals surface area (Å²) in [6, 6.07) is 18.4. The maximum absolute atomic E-state index is 2.47. The fourth-order valence-corrected chi connectivity index (χ4v) is 5.98. The summed E-state index contributed by atoms with van der Waals surface area (Å²) < 4.78 is 0. The van der Waals surface area contributed by atoms with E-state index in [1.165, 1.54) is 77.6 Å². The predicted molar refractivity (Wildman–Crippen MR) is 140 cm³/mol. The minimum Gasteiger partial charge on any atom is -0.0654 e. The van der Waals surface area contributed by atoms with Crippen molar-refractivity contribution >= 4 is 21.5 Å². The second-order valence-electron chi connectivity index (χ2n) is 9.53. The standard InChI is InChI=1S/C24H28.C8H6/c1-3-5-16-24(4-2)17-8-11-22-21-13-12-18-9-6-7-10-19(18)20(21)14-15-23(22)24;1-3-7-5-2-6-8(7)4-1/h6-7,9-10,12-15H,3-5,8,11,16-17H2,1-2H3;1-6H. The van der Waals surface area contributed by atoms with Crippen molar-refractivity contribution in [2.45, 2.75) is 64.2 Å². The highest BCUT2D eigenvalue weighted by Gasteiger charge is 2.34. The maximum atomic E-state index is 2.47. The molecule has 0 aliphatic heterocycles. The van der Waals surface area contributed by atoms with Crippen molar-refractivity contribution in [1.29, 1.82) is 0 Å². The Morgan fingerprint density at radius 3 is 2.28 bits per heavy atom. The van der Waals surface area contributed by atoms with Gasteiger partial charge in [-0.3, -0.25) is 0 Å². The Bertz CT molecular complexity index is 1240. The minimum atomic E-state index is 0.420. The molecule has 32 heavy (non-hydrogen) atoms. The van der Waals surface area contributed by atoms with Gasteiger partial charge in [0, 0.05) is 0 Å². The van der Waals surface area contributed by atoms with Crippen molar-refractivity contribution in [1.82, 2.24) is 0 Å². The van der Waals surface area contributed by atoms with Crippen molar-refractivity contribution in [3.05, 3.63) is 107 Å². The first kappa shape index (κ1) is 21.0. The molecule has 0 radical (unpaired) electrons. The van der Waals surface area contributed by atoms with Gasteiger partial charge >= 0.3 is 0 Å². The van der Waals surface area contributed by atoms with Gasteiger partial charge in [-0.05, 0) is 81.3 Å². The highest BCUT2D eigenvalue weighted by molar-refractivity contribution is 6.08. The van der Waals surface area contributed by atoms with Gasteiger partial charge in [0.2, 0.25) is 0 Å². The molecule has 162 valence electrons. The zero-order valence-corrected chi connectivity index (χ0v) is 19.5. The second kappa shape index (κ2) is 8.94. The van der Waals surface area contributed by atoms with Crippen LogP contribution in [0.15, 0.2) is 96.1 Å². The molecule has 3 aromatic rings. The van der Waals surface area contributed by atoms with Gasteiger partial charge in [0.15, 0.2) is 0 Å². The first-order chi connectivity index (χ1) is 15.8. The van der Waals surface area contributed by atoms with Gasteiger partial charge < -0.3 is 0 Å². The summed E-state index contributed by atoms with van der Waals surface area (Å²) in [5.74, 6) is 0. The Kier molecular flexibility index (Phi) is 5.87. The molecule has 0 heteroatoms. The molecule has 3 aromatic carbocycles. The van der Waals surface area contributed by atoms with Gasteiger partial charge in [0.25, 0.3) is 0 Å². The van der Waals surface area contributed by atoms with Crippen molar-refractivity contribution in [3.63, 3.8) is 0 Å². The maximum Gasteiger partial charge on any atom is -0.00465 e. The van der Waals surface area contributed by atoms with Crippen LogP contribution in [-0.4, -0.2) is 0 Å². The number of fused-ring (bicyclic) bond motifs is 6. The Balaban J connectivity index is 0.000000225. The number of aryl methyl sites for hydroxylation is 1. The van der Waals surface area contributed by atoms with Gasteiger partial charge in [0.1, 0.15) is 0 Å². The van der Waals surface area contributed by atoms with E-state index in [9.17, 15) is 0 Å². The molecule has 0 nitrogen and oxygen atoms in total. The molecule has 0 spiro atoms. The Labute approximate surface area is 193 Å². The molecule has 6 rings (SSSR count). The summed E-state index contributed by atoms with van der Waals surface area (Å²) in [5.41, 5.74) is 6.42. The van der Waals surface area contributed by atoms with Gasteiger partial charge in [-0.25, -0.2) is 0 Å². The summed E-state index contributed by atoms with van der Waals surface area (Å²) in [6.07, 6.45) is 21.9. The predicted octanol–water partition coefficient (Wildman–Crippen LogP) is 9.15. The van der Waals surface area contributed by atoms with Crippen molar-refractivity contribution < 1.29 is 0 Å². The van der Waals surface area contributed by atoms with E-state index in [1.807, 2.05) is 0 Å². The van der Waals surface area contributed by atoms with Crippen molar-refractivity contribution in [2.75, 3.05) is 0 Å². The minimum absolute atomic E-state index is 0.420. The molecule has 1 unspecified atom stereocenters. The molecule has 1 atom stereocenters. The number of hydrogen-bond acceptors (Lipinski definition) is 0. The topological polar surface area (TPSA) is 0 Å². The normalized spacial score (nSPS) is 20.6. The van der Waals surface area contributed by atoms with E-state index >= 15 is 0 Å². The lowest BCUT2D eigenvalue weighted by Crippen LogP contribution is -2.30. The lowest BCUT2D eigenvalue weighted by atomic mass is 9.65. The van der Waals surface area contributed by atoms with Crippen LogP contribution in [0.1, 0.15) is 63.5 Å². The molecule has 3 aliphatic carbocycles. The summed E-state index contributed by atoms with van der Waals surface area (Å²) in [7, 11) is 0. The quantitative estimate of drug-likeness (QED) is 0.370. The molecule has 3 aliphatic rings. The third-order valence-electron chi connectivity index (χ3n) is 7.81. The highest BCUT2D eigenvalue weighted by Crippen LogP contribution is 2.46. The van der Waals surface area contributed by atoms with E-state index in [0.29, 0.717) is 5.41 Å². The number of unbranched alkanes of at least 4 members (excludes halogenated alkanes) is 1. The number of benzene rings is 3. The van der Waals surface area contributed by atoms with Crippen LogP contribution in [0.2, 0.25) is 0 Å². The van der Waals surface area contributed by atoms with Crippen molar-refractivity contribution in [2.24, 2.45) is 0 Å². The monoisotopic (exact) mass is 418 g/mol. The average molecular weight is 419 g/mol. The van der Waals surface area contributed by atoms with Crippen LogP contribution in [0.25, 0.3) is 21.5 Å². The average Bonchev–Trinajstić information content (AvgIpc) is 3.48. The van der Waals surface area contributed by atoms with Crippen LogP contribution >= 0.6 is 0 Å². The fourth-order valence-electron chi connectivity index (χ4n) is 5.98. The molecule has 0 bridgehead atoms. The van der Waals surface area contributed by atoms with E-state index < -0.39 is 0 Å². The third kappa shape index (κ3) is 3.66. The molecule has 0 N–H and O–H groups in total. The highest BCUT2D eigenvalue weighted by atomic mass is 14.4. The zero-order chi connectivity index (χ0) is 22.0. The van der Waals surface area contributed by atoms with Gasteiger partial charge in [-0.2, -0.15) is 0 Å². The molecule has 0 saturated carbocycles. The first-order valence-electron chi connectivity index (χ1n) is 12.5. The van der Waals surface area contributed by atoms with Crippen LogP contribution in [0.4, 0.5) is 0 Å². The van der Waals surface area contributed by atoms with Crippen LogP contribution < -0.4 is 0 Å². The zero-order valence-electron chi connectivity index (χ0n) is 19.5. The van der Waals surface area contributed by atoms with Gasteiger partial charge in [-0.15, -0.1) is 0 Å². The molecule has 0 saturated heterocycles. The van der Waals surface area contributed by atoms with Crippen LogP contribution in [0.3, 0.4) is 0 Å². The van der Waals surface area contributed by atoms with E-state index in [2.05, 4.69) is 98.8 Å². The lowest BCUT2D eigenvalue weighted by Gasteiger charge is -2.39. The first-order valence-corrected chi connectivity index (χ1v) is 12.5. The molecule has 0 aromatic heterocycles. The van der Waals surface area contributed by atoms with E-state index in [4.69, 9.17) is 0 Å². The van der Waals surface area contributed by atoms with Gasteiger partial charge in [0.05, 0.1) is 0 Å². The third-order valence-corrected chi connectivity index (χ3v) is 7.81.